The number of hydrogen-bond donors (Lipinski definition) is 0. The maximum absolute atomic E-state index is 14.4. The van der Waals surface area contributed by atoms with Gasteiger partial charge in [0.15, 0.2) is 0 Å². The summed E-state index contributed by atoms with van der Waals surface area (Å²) < 4.78 is 19.5. The molecule has 3 heterocycles. The van der Waals surface area contributed by atoms with Crippen LogP contribution in [0, 0.1) is 5.82 Å². The van der Waals surface area contributed by atoms with Crippen molar-refractivity contribution in [2.24, 2.45) is 0 Å². The monoisotopic (exact) mass is 373 g/mol. The van der Waals surface area contributed by atoms with E-state index < -0.39 is 5.82 Å². The molecule has 1 aliphatic rings. The van der Waals surface area contributed by atoms with Gasteiger partial charge in [-0.25, -0.2) is 4.39 Å². The quantitative estimate of drug-likeness (QED) is 0.663. The third-order valence-corrected chi connectivity index (χ3v) is 6.37. The zero-order valence-electron chi connectivity index (χ0n) is 13.6. The van der Waals surface area contributed by atoms with Crippen molar-refractivity contribution in [3.63, 3.8) is 0 Å². The van der Waals surface area contributed by atoms with Gasteiger partial charge in [-0.1, -0.05) is 6.07 Å². The summed E-state index contributed by atoms with van der Waals surface area (Å²) >= 11 is 3.34. The third kappa shape index (κ3) is 2.85. The van der Waals surface area contributed by atoms with E-state index >= 15 is 0 Å². The molecule has 0 spiro atoms. The van der Waals surface area contributed by atoms with Crippen LogP contribution in [-0.4, -0.2) is 24.5 Å². The molecule has 0 aliphatic carbocycles. The second-order valence-electron chi connectivity index (χ2n) is 5.81. The molecule has 0 fully saturated rings. The molecule has 1 aromatic carbocycles. The summed E-state index contributed by atoms with van der Waals surface area (Å²) in [6.07, 6.45) is 0.804. The van der Waals surface area contributed by atoms with E-state index in [2.05, 4.69) is 11.4 Å². The summed E-state index contributed by atoms with van der Waals surface area (Å²) in [5.74, 6) is -0.427. The number of nitrogens with zero attached hydrogens (tertiary/aromatic N) is 1. The Labute approximate surface area is 153 Å². The Bertz CT molecular complexity index is 904. The van der Waals surface area contributed by atoms with Crippen LogP contribution in [0.4, 0.5) is 4.39 Å². The van der Waals surface area contributed by atoms with Gasteiger partial charge in [0.25, 0.3) is 5.91 Å². The number of rotatable bonds is 3. The summed E-state index contributed by atoms with van der Waals surface area (Å²) in [6.45, 7) is 0.584. The molecule has 0 bridgehead atoms. The molecule has 0 saturated carbocycles. The zero-order valence-corrected chi connectivity index (χ0v) is 15.2. The molecule has 1 aliphatic heterocycles. The lowest BCUT2D eigenvalue weighted by Gasteiger charge is -2.35. The van der Waals surface area contributed by atoms with E-state index in [9.17, 15) is 9.18 Å². The van der Waals surface area contributed by atoms with Gasteiger partial charge in [0.1, 0.15) is 11.6 Å². The van der Waals surface area contributed by atoms with Crippen LogP contribution in [0.5, 0.6) is 5.75 Å². The number of amides is 1. The second kappa shape index (κ2) is 6.61. The van der Waals surface area contributed by atoms with E-state index in [1.54, 1.807) is 33.6 Å². The van der Waals surface area contributed by atoms with Crippen LogP contribution in [0.25, 0.3) is 0 Å². The van der Waals surface area contributed by atoms with Crippen LogP contribution < -0.4 is 4.74 Å². The standard InChI is InChI=1S/C19H16FNO2S2/c1-23-12-4-5-13(15(20)11-12)19(22)21-8-6-16-14(7-10-25-16)18(21)17-3-2-9-24-17/h2-5,7,9-11,18H,6,8H2,1H3. The van der Waals surface area contributed by atoms with Gasteiger partial charge in [-0.15, -0.1) is 22.7 Å². The Morgan fingerprint density at radius 1 is 1.24 bits per heavy atom. The van der Waals surface area contributed by atoms with Crippen molar-refractivity contribution in [1.29, 1.82) is 0 Å². The third-order valence-electron chi connectivity index (χ3n) is 4.45. The van der Waals surface area contributed by atoms with Gasteiger partial charge in [-0.3, -0.25) is 4.79 Å². The van der Waals surface area contributed by atoms with Gasteiger partial charge in [-0.2, -0.15) is 0 Å². The smallest absolute Gasteiger partial charge is 0.257 e. The van der Waals surface area contributed by atoms with E-state index in [0.717, 1.165) is 16.9 Å². The Kier molecular flexibility index (Phi) is 4.31. The van der Waals surface area contributed by atoms with Crippen LogP contribution in [0.15, 0.2) is 47.2 Å². The van der Waals surface area contributed by atoms with Crippen molar-refractivity contribution >= 4 is 28.6 Å². The molecule has 1 unspecified atom stereocenters. The largest absolute Gasteiger partial charge is 0.497 e. The van der Waals surface area contributed by atoms with Gasteiger partial charge in [0, 0.05) is 22.4 Å². The van der Waals surface area contributed by atoms with E-state index in [1.165, 1.54) is 24.1 Å². The molecule has 128 valence electrons. The molecule has 3 nitrogen and oxygen atoms in total. The molecule has 6 heteroatoms. The highest BCUT2D eigenvalue weighted by Gasteiger charge is 2.34. The average Bonchev–Trinajstić information content (AvgIpc) is 3.31. The Balaban J connectivity index is 1.75. The molecular formula is C19H16FNO2S2. The summed E-state index contributed by atoms with van der Waals surface area (Å²) in [7, 11) is 1.48. The fourth-order valence-corrected chi connectivity index (χ4v) is 5.00. The highest BCUT2D eigenvalue weighted by Crippen LogP contribution is 2.40. The first-order valence-corrected chi connectivity index (χ1v) is 9.69. The van der Waals surface area contributed by atoms with Crippen molar-refractivity contribution in [3.8, 4) is 5.75 Å². The van der Waals surface area contributed by atoms with E-state index in [0.29, 0.717) is 12.3 Å². The molecule has 4 rings (SSSR count). The molecule has 0 radical (unpaired) electrons. The van der Waals surface area contributed by atoms with Gasteiger partial charge in [0.2, 0.25) is 0 Å². The first-order chi connectivity index (χ1) is 12.2. The predicted octanol–water partition coefficient (Wildman–Crippen LogP) is 4.75. The normalized spacial score (nSPS) is 16.6. The highest BCUT2D eigenvalue weighted by molar-refractivity contribution is 7.10. The van der Waals surface area contributed by atoms with Crippen LogP contribution >= 0.6 is 22.7 Å². The number of ether oxygens (including phenoxy) is 1. The first-order valence-electron chi connectivity index (χ1n) is 7.93. The molecule has 1 atom stereocenters. The maximum atomic E-state index is 14.4. The fourth-order valence-electron chi connectivity index (χ4n) is 3.24. The summed E-state index contributed by atoms with van der Waals surface area (Å²) in [4.78, 5) is 17.3. The number of fused-ring (bicyclic) bond motifs is 1. The van der Waals surface area contributed by atoms with Crippen LogP contribution in [-0.2, 0) is 6.42 Å². The SMILES string of the molecule is COc1ccc(C(=O)N2CCc3sccc3C2c2cccs2)c(F)c1. The highest BCUT2D eigenvalue weighted by atomic mass is 32.1. The summed E-state index contributed by atoms with van der Waals surface area (Å²) in [5.41, 5.74) is 1.24. The molecular weight excluding hydrogens is 357 g/mol. The predicted molar refractivity (Wildman–Crippen MR) is 98.2 cm³/mol. The van der Waals surface area contributed by atoms with Crippen molar-refractivity contribution in [3.05, 3.63) is 73.9 Å². The minimum Gasteiger partial charge on any atom is -0.497 e. The van der Waals surface area contributed by atoms with Crippen molar-refractivity contribution < 1.29 is 13.9 Å². The van der Waals surface area contributed by atoms with E-state index in [4.69, 9.17) is 4.74 Å². The molecule has 2 aromatic heterocycles. The topological polar surface area (TPSA) is 29.5 Å². The fraction of sp³-hybridized carbons (Fsp3) is 0.211. The van der Waals surface area contributed by atoms with E-state index in [1.807, 2.05) is 17.5 Å². The maximum Gasteiger partial charge on any atom is 0.257 e. The number of hydrogen-bond acceptors (Lipinski definition) is 4. The molecule has 0 saturated heterocycles. The van der Waals surface area contributed by atoms with Gasteiger partial charge in [0.05, 0.1) is 18.7 Å². The Morgan fingerprint density at radius 2 is 2.12 bits per heavy atom. The minimum absolute atomic E-state index is 0.0843. The average molecular weight is 373 g/mol. The van der Waals surface area contributed by atoms with Crippen molar-refractivity contribution in [2.75, 3.05) is 13.7 Å². The van der Waals surface area contributed by atoms with Gasteiger partial charge < -0.3 is 9.64 Å². The van der Waals surface area contributed by atoms with Crippen LogP contribution in [0.2, 0.25) is 0 Å². The van der Waals surface area contributed by atoms with Crippen molar-refractivity contribution in [1.82, 2.24) is 4.90 Å². The molecule has 0 N–H and O–H groups in total. The van der Waals surface area contributed by atoms with Crippen LogP contribution in [0.1, 0.15) is 31.7 Å². The molecule has 3 aromatic rings. The Hall–Kier alpha value is -2.18. The second-order valence-corrected chi connectivity index (χ2v) is 7.79. The number of thiophene rings is 2. The number of carbonyl (C=O) groups excluding carboxylic acids is 1. The summed E-state index contributed by atoms with van der Waals surface area (Å²) in [5, 5.41) is 4.07. The summed E-state index contributed by atoms with van der Waals surface area (Å²) in [6, 6.07) is 10.3. The lowest BCUT2D eigenvalue weighted by atomic mass is 9.97. The number of methoxy groups -OCH3 is 1. The number of halogens is 1. The van der Waals surface area contributed by atoms with E-state index in [-0.39, 0.29) is 17.5 Å². The van der Waals surface area contributed by atoms with Crippen LogP contribution in [0.3, 0.4) is 0 Å². The van der Waals surface area contributed by atoms with Gasteiger partial charge in [-0.05, 0) is 47.0 Å². The molecule has 1 amide bonds. The zero-order chi connectivity index (χ0) is 17.4. The lowest BCUT2D eigenvalue weighted by Crippen LogP contribution is -2.40. The Morgan fingerprint density at radius 3 is 2.84 bits per heavy atom. The van der Waals surface area contributed by atoms with Gasteiger partial charge >= 0.3 is 0 Å². The number of benzene rings is 1. The first kappa shape index (κ1) is 16.3. The number of carbonyl (C=O) groups is 1. The van der Waals surface area contributed by atoms with Crippen molar-refractivity contribution in [2.45, 2.75) is 12.5 Å². The molecule has 25 heavy (non-hydrogen) atoms. The lowest BCUT2D eigenvalue weighted by molar-refractivity contribution is 0.0694. The minimum atomic E-state index is -0.551.